The molecule has 1 fully saturated rings. The van der Waals surface area contributed by atoms with E-state index in [-0.39, 0.29) is 7.43 Å². The van der Waals surface area contributed by atoms with Gasteiger partial charge in [0, 0.05) is 48.6 Å². The number of nitrogens with one attached hydrogen (secondary N) is 2. The van der Waals surface area contributed by atoms with E-state index >= 15 is 0 Å². The number of fused-ring (bicyclic) bond motifs is 1. The maximum absolute atomic E-state index is 5.79. The van der Waals surface area contributed by atoms with Crippen LogP contribution in [0.4, 0.5) is 11.8 Å². The number of hydrogen-bond acceptors (Lipinski definition) is 6. The highest BCUT2D eigenvalue weighted by atomic mass is 79.9. The Bertz CT molecular complexity index is 1070. The third-order valence-corrected chi connectivity index (χ3v) is 6.80. The average Bonchev–Trinajstić information content (AvgIpc) is 2.83. The van der Waals surface area contributed by atoms with Gasteiger partial charge < -0.3 is 20.3 Å². The summed E-state index contributed by atoms with van der Waals surface area (Å²) >= 11 is 3.58. The van der Waals surface area contributed by atoms with E-state index in [1.807, 2.05) is 56.3 Å². The van der Waals surface area contributed by atoms with Gasteiger partial charge in [-0.2, -0.15) is 4.98 Å². The molecule has 0 spiro atoms. The lowest BCUT2D eigenvalue weighted by atomic mass is 9.86. The van der Waals surface area contributed by atoms with E-state index < -0.39 is 0 Å². The highest BCUT2D eigenvalue weighted by Gasteiger charge is 2.21. The minimum absolute atomic E-state index is 0. The van der Waals surface area contributed by atoms with Crippen molar-refractivity contribution >= 4 is 38.6 Å². The lowest BCUT2D eigenvalue weighted by Crippen LogP contribution is -2.34. The van der Waals surface area contributed by atoms with Gasteiger partial charge in [0.05, 0.1) is 12.1 Å². The third-order valence-electron chi connectivity index (χ3n) is 6.31. The van der Waals surface area contributed by atoms with Gasteiger partial charge in [-0.25, -0.2) is 4.98 Å². The lowest BCUT2D eigenvalue weighted by Gasteiger charge is -2.29. The Morgan fingerprint density at radius 3 is 2.56 bits per heavy atom. The molecule has 1 aliphatic carbocycles. The Hall–Kier alpha value is -2.38. The number of aromatic nitrogens is 2. The summed E-state index contributed by atoms with van der Waals surface area (Å²) in [5.41, 5.74) is 2.19. The second-order valence-corrected chi connectivity index (χ2v) is 9.86. The van der Waals surface area contributed by atoms with Crippen LogP contribution in [0.15, 0.2) is 46.9 Å². The molecule has 0 amide bonds. The maximum atomic E-state index is 5.79. The maximum Gasteiger partial charge on any atom is 0.225 e. The zero-order valence-electron chi connectivity index (χ0n) is 19.8. The largest absolute Gasteiger partial charge is 0.494 e. The molecular formula is C27H38BrN5O. The minimum atomic E-state index is 0. The molecule has 0 atom stereocenters. The topological polar surface area (TPSA) is 62.3 Å². The van der Waals surface area contributed by atoms with Gasteiger partial charge in [-0.15, -0.1) is 0 Å². The van der Waals surface area contributed by atoms with Crippen molar-refractivity contribution in [2.45, 2.75) is 52.6 Å². The molecule has 1 aliphatic rings. The second kappa shape index (κ2) is 12.4. The molecule has 0 radical (unpaired) electrons. The van der Waals surface area contributed by atoms with Crippen molar-refractivity contribution < 1.29 is 4.74 Å². The molecule has 2 N–H and O–H groups in total. The Morgan fingerprint density at radius 2 is 1.82 bits per heavy atom. The summed E-state index contributed by atoms with van der Waals surface area (Å²) in [6.07, 6.45) is 4.78. The Morgan fingerprint density at radius 1 is 1.06 bits per heavy atom. The van der Waals surface area contributed by atoms with E-state index in [9.17, 15) is 0 Å². The predicted molar refractivity (Wildman–Crippen MR) is 147 cm³/mol. The first kappa shape index (κ1) is 26.2. The van der Waals surface area contributed by atoms with Gasteiger partial charge in [-0.1, -0.05) is 35.5 Å². The summed E-state index contributed by atoms with van der Waals surface area (Å²) in [4.78, 5) is 11.6. The van der Waals surface area contributed by atoms with Crippen LogP contribution in [-0.4, -0.2) is 43.3 Å². The van der Waals surface area contributed by atoms with Crippen molar-refractivity contribution in [3.63, 3.8) is 0 Å². The van der Waals surface area contributed by atoms with Crippen molar-refractivity contribution in [1.82, 2.24) is 15.3 Å². The molecule has 1 heterocycles. The molecule has 0 aliphatic heterocycles. The third kappa shape index (κ3) is 6.60. The first-order valence-corrected chi connectivity index (χ1v) is 12.7. The monoisotopic (exact) mass is 527 g/mol. The number of para-hydroxylation sites is 1. The Balaban J connectivity index is 0.00000324. The van der Waals surface area contributed by atoms with E-state index in [2.05, 4.69) is 38.7 Å². The van der Waals surface area contributed by atoms with Gasteiger partial charge in [0.2, 0.25) is 5.95 Å². The number of ether oxygens (including phenoxy) is 1. The van der Waals surface area contributed by atoms with Crippen LogP contribution in [0.1, 0.15) is 45.6 Å². The zero-order chi connectivity index (χ0) is 23.2. The summed E-state index contributed by atoms with van der Waals surface area (Å²) in [7, 11) is 4.05. The predicted octanol–water partition coefficient (Wildman–Crippen LogP) is 6.25. The molecule has 1 saturated carbocycles. The van der Waals surface area contributed by atoms with Crippen LogP contribution >= 0.6 is 15.9 Å². The van der Waals surface area contributed by atoms with Gasteiger partial charge >= 0.3 is 0 Å². The molecule has 0 unspecified atom stereocenters. The van der Waals surface area contributed by atoms with Crippen molar-refractivity contribution in [1.29, 1.82) is 0 Å². The van der Waals surface area contributed by atoms with Crippen LogP contribution < -0.4 is 20.3 Å². The van der Waals surface area contributed by atoms with Gasteiger partial charge in [-0.05, 0) is 68.9 Å². The van der Waals surface area contributed by atoms with Crippen LogP contribution in [0.2, 0.25) is 0 Å². The number of nitrogens with zero attached hydrogens (tertiary/aromatic N) is 3. The molecule has 2 aromatic carbocycles. The first-order valence-electron chi connectivity index (χ1n) is 11.9. The molecule has 0 saturated heterocycles. The van der Waals surface area contributed by atoms with Crippen LogP contribution in [0.3, 0.4) is 0 Å². The molecule has 6 nitrogen and oxygen atoms in total. The SMILES string of the molecule is C.CCOc1ccc(Br)cc1CNC1CCC(CNc2nc(N(C)C)c3ccccc3n2)CC1. The van der Waals surface area contributed by atoms with Crippen molar-refractivity contribution in [3.05, 3.63) is 52.5 Å². The van der Waals surface area contributed by atoms with E-state index in [0.717, 1.165) is 46.0 Å². The molecule has 34 heavy (non-hydrogen) atoms. The van der Waals surface area contributed by atoms with E-state index in [1.54, 1.807) is 0 Å². The molecular weight excluding hydrogens is 490 g/mol. The molecule has 7 heteroatoms. The van der Waals surface area contributed by atoms with Gasteiger partial charge in [0.15, 0.2) is 0 Å². The van der Waals surface area contributed by atoms with Crippen LogP contribution in [0.5, 0.6) is 5.75 Å². The number of rotatable bonds is 9. The highest BCUT2D eigenvalue weighted by molar-refractivity contribution is 9.10. The molecule has 184 valence electrons. The zero-order valence-corrected chi connectivity index (χ0v) is 21.4. The minimum Gasteiger partial charge on any atom is -0.494 e. The first-order chi connectivity index (χ1) is 16.0. The van der Waals surface area contributed by atoms with Crippen molar-refractivity contribution in [2.24, 2.45) is 5.92 Å². The quantitative estimate of drug-likeness (QED) is 0.342. The van der Waals surface area contributed by atoms with Gasteiger partial charge in [0.1, 0.15) is 11.6 Å². The number of benzene rings is 2. The molecule has 1 aromatic heterocycles. The van der Waals surface area contributed by atoms with Crippen LogP contribution in [-0.2, 0) is 6.54 Å². The number of hydrogen-bond donors (Lipinski definition) is 2. The fourth-order valence-corrected chi connectivity index (χ4v) is 4.93. The summed E-state index contributed by atoms with van der Waals surface area (Å²) in [6, 6.07) is 15.0. The fraction of sp³-hybridized carbons (Fsp3) is 0.481. The molecule has 4 rings (SSSR count). The Kier molecular flexibility index (Phi) is 9.54. The standard InChI is InChI=1S/C26H34BrN5O.CH4/c1-4-33-24-14-11-20(27)15-19(24)17-28-21-12-9-18(10-13-21)16-29-26-30-23-8-6-5-7-22(23)25(31-26)32(2)3;/h5-8,11,14-15,18,21,28H,4,9-10,12-13,16-17H2,1-3H3,(H,29,30,31);1H4. The summed E-state index contributed by atoms with van der Waals surface area (Å²) in [5.74, 6) is 3.29. The van der Waals surface area contributed by atoms with Crippen LogP contribution in [0.25, 0.3) is 10.9 Å². The number of halogens is 1. The second-order valence-electron chi connectivity index (χ2n) is 8.95. The van der Waals surface area contributed by atoms with Crippen molar-refractivity contribution in [2.75, 3.05) is 37.5 Å². The summed E-state index contributed by atoms with van der Waals surface area (Å²) in [5, 5.41) is 8.34. The van der Waals surface area contributed by atoms with Crippen LogP contribution in [0, 0.1) is 5.92 Å². The number of anilines is 2. The fourth-order valence-electron chi connectivity index (χ4n) is 4.52. The molecule has 3 aromatic rings. The molecule has 0 bridgehead atoms. The van der Waals surface area contributed by atoms with Crippen molar-refractivity contribution in [3.8, 4) is 5.75 Å². The smallest absolute Gasteiger partial charge is 0.225 e. The normalized spacial score (nSPS) is 17.8. The highest BCUT2D eigenvalue weighted by Crippen LogP contribution is 2.28. The van der Waals surface area contributed by atoms with Gasteiger partial charge in [-0.3, -0.25) is 0 Å². The average molecular weight is 529 g/mol. The summed E-state index contributed by atoms with van der Waals surface area (Å²) < 4.78 is 6.88. The van der Waals surface area contributed by atoms with E-state index in [4.69, 9.17) is 14.7 Å². The lowest BCUT2D eigenvalue weighted by molar-refractivity contribution is 0.296. The van der Waals surface area contributed by atoms with Gasteiger partial charge in [0.25, 0.3) is 0 Å². The Labute approximate surface area is 212 Å². The van der Waals surface area contributed by atoms with E-state index in [0.29, 0.717) is 18.6 Å². The summed E-state index contributed by atoms with van der Waals surface area (Å²) in [6.45, 7) is 4.46. The van der Waals surface area contributed by atoms with E-state index in [1.165, 1.54) is 31.2 Å².